The first kappa shape index (κ1) is 14.5. The SMILES string of the molecule is CC1(C)CCc2c(c(C(=O)O)nn2-c2cc(I)ccn2)C1. The molecule has 5 nitrogen and oxygen atoms in total. The third kappa shape index (κ3) is 2.68. The van der Waals surface area contributed by atoms with Crippen LogP contribution in [0.15, 0.2) is 18.3 Å². The number of fused-ring (bicyclic) bond motifs is 1. The van der Waals surface area contributed by atoms with Gasteiger partial charge in [-0.05, 0) is 59.4 Å². The molecule has 110 valence electrons. The summed E-state index contributed by atoms with van der Waals surface area (Å²) in [6.45, 7) is 4.34. The Morgan fingerprint density at radius 3 is 2.90 bits per heavy atom. The van der Waals surface area contributed by atoms with Gasteiger partial charge in [0, 0.05) is 15.3 Å². The molecule has 0 unspecified atom stereocenters. The zero-order valence-electron chi connectivity index (χ0n) is 11.9. The average Bonchev–Trinajstić information content (AvgIpc) is 2.76. The minimum absolute atomic E-state index is 0.115. The van der Waals surface area contributed by atoms with Crippen molar-refractivity contribution < 1.29 is 9.90 Å². The normalized spacial score (nSPS) is 16.5. The van der Waals surface area contributed by atoms with Crippen molar-refractivity contribution in [1.82, 2.24) is 14.8 Å². The van der Waals surface area contributed by atoms with Crippen LogP contribution in [0.3, 0.4) is 0 Å². The molecule has 2 heterocycles. The first-order valence-corrected chi connectivity index (χ1v) is 7.91. The fourth-order valence-corrected chi connectivity index (χ4v) is 3.26. The Morgan fingerprint density at radius 1 is 1.48 bits per heavy atom. The number of halogens is 1. The molecule has 1 N–H and O–H groups in total. The van der Waals surface area contributed by atoms with Crippen LogP contribution in [-0.4, -0.2) is 25.8 Å². The standard InChI is InChI=1S/C15H16IN3O2/c1-15(2)5-3-11-10(8-15)13(14(20)21)18-19(11)12-7-9(16)4-6-17-12/h4,6-7H,3,5,8H2,1-2H3,(H,20,21). The Hall–Kier alpha value is -1.44. The van der Waals surface area contributed by atoms with Crippen LogP contribution in [0.2, 0.25) is 0 Å². The van der Waals surface area contributed by atoms with Gasteiger partial charge in [0.2, 0.25) is 0 Å². The van der Waals surface area contributed by atoms with Gasteiger partial charge in [0.15, 0.2) is 11.5 Å². The van der Waals surface area contributed by atoms with E-state index >= 15 is 0 Å². The second-order valence-electron chi connectivity index (χ2n) is 6.16. The maximum atomic E-state index is 11.5. The van der Waals surface area contributed by atoms with Gasteiger partial charge in [0.05, 0.1) is 5.69 Å². The molecule has 0 amide bonds. The molecule has 0 bridgehead atoms. The molecule has 0 aromatic carbocycles. The maximum Gasteiger partial charge on any atom is 0.356 e. The summed E-state index contributed by atoms with van der Waals surface area (Å²) in [5.74, 6) is -0.279. The van der Waals surface area contributed by atoms with Crippen LogP contribution in [0.1, 0.15) is 42.0 Å². The van der Waals surface area contributed by atoms with Gasteiger partial charge in [-0.25, -0.2) is 14.5 Å². The van der Waals surface area contributed by atoms with Crippen molar-refractivity contribution in [2.45, 2.75) is 33.1 Å². The summed E-state index contributed by atoms with van der Waals surface area (Å²) in [6.07, 6.45) is 4.32. The minimum Gasteiger partial charge on any atom is -0.476 e. The van der Waals surface area contributed by atoms with E-state index < -0.39 is 5.97 Å². The van der Waals surface area contributed by atoms with Crippen LogP contribution in [0, 0.1) is 8.99 Å². The van der Waals surface area contributed by atoms with Crippen LogP contribution in [-0.2, 0) is 12.8 Å². The minimum atomic E-state index is -0.965. The van der Waals surface area contributed by atoms with E-state index in [0.29, 0.717) is 5.82 Å². The molecule has 0 aliphatic heterocycles. The summed E-state index contributed by atoms with van der Waals surface area (Å²) < 4.78 is 2.76. The van der Waals surface area contributed by atoms with Gasteiger partial charge in [-0.2, -0.15) is 5.10 Å². The van der Waals surface area contributed by atoms with E-state index in [2.05, 4.69) is 46.5 Å². The molecular weight excluding hydrogens is 381 g/mol. The molecule has 21 heavy (non-hydrogen) atoms. The molecule has 1 aliphatic rings. The Morgan fingerprint density at radius 2 is 2.24 bits per heavy atom. The van der Waals surface area contributed by atoms with Gasteiger partial charge >= 0.3 is 5.97 Å². The predicted octanol–water partition coefficient (Wildman–Crippen LogP) is 3.09. The van der Waals surface area contributed by atoms with Crippen LogP contribution < -0.4 is 0 Å². The zero-order chi connectivity index (χ0) is 15.2. The highest BCUT2D eigenvalue weighted by Crippen LogP contribution is 2.37. The molecule has 0 saturated heterocycles. The summed E-state index contributed by atoms with van der Waals surface area (Å²) in [5, 5.41) is 13.7. The number of aromatic nitrogens is 3. The van der Waals surface area contributed by atoms with E-state index in [1.165, 1.54) is 0 Å². The van der Waals surface area contributed by atoms with Crippen LogP contribution in [0.4, 0.5) is 0 Å². The number of nitrogens with zero attached hydrogens (tertiary/aromatic N) is 3. The van der Waals surface area contributed by atoms with Crippen molar-refractivity contribution in [1.29, 1.82) is 0 Å². The van der Waals surface area contributed by atoms with Crippen LogP contribution >= 0.6 is 22.6 Å². The zero-order valence-corrected chi connectivity index (χ0v) is 14.1. The molecule has 0 saturated carbocycles. The van der Waals surface area contributed by atoms with Crippen molar-refractivity contribution in [3.8, 4) is 5.82 Å². The number of hydrogen-bond donors (Lipinski definition) is 1. The number of carboxylic acids is 1. The highest BCUT2D eigenvalue weighted by atomic mass is 127. The third-order valence-electron chi connectivity index (χ3n) is 3.91. The first-order chi connectivity index (χ1) is 9.87. The van der Waals surface area contributed by atoms with E-state index in [1.54, 1.807) is 10.9 Å². The highest BCUT2D eigenvalue weighted by molar-refractivity contribution is 14.1. The lowest BCUT2D eigenvalue weighted by Crippen LogP contribution is -2.24. The smallest absolute Gasteiger partial charge is 0.356 e. The summed E-state index contributed by atoms with van der Waals surface area (Å²) in [7, 11) is 0. The van der Waals surface area contributed by atoms with E-state index in [-0.39, 0.29) is 11.1 Å². The molecule has 0 fully saturated rings. The van der Waals surface area contributed by atoms with E-state index in [0.717, 1.165) is 34.1 Å². The number of aromatic carboxylic acids is 1. The molecule has 0 atom stereocenters. The number of hydrogen-bond acceptors (Lipinski definition) is 3. The fourth-order valence-electron chi connectivity index (χ4n) is 2.82. The summed E-state index contributed by atoms with van der Waals surface area (Å²) >= 11 is 2.22. The molecule has 2 aromatic rings. The van der Waals surface area contributed by atoms with Crippen molar-refractivity contribution in [3.05, 3.63) is 38.9 Å². The van der Waals surface area contributed by atoms with Gasteiger partial charge < -0.3 is 5.11 Å². The summed E-state index contributed by atoms with van der Waals surface area (Å²) in [5.41, 5.74) is 2.13. The van der Waals surface area contributed by atoms with Gasteiger partial charge in [0.25, 0.3) is 0 Å². The van der Waals surface area contributed by atoms with Crippen LogP contribution in [0.5, 0.6) is 0 Å². The van der Waals surface area contributed by atoms with E-state index in [9.17, 15) is 9.90 Å². The van der Waals surface area contributed by atoms with Gasteiger partial charge in [-0.1, -0.05) is 13.8 Å². The molecule has 0 radical (unpaired) electrons. The molecule has 3 rings (SSSR count). The van der Waals surface area contributed by atoms with Gasteiger partial charge in [-0.3, -0.25) is 0 Å². The van der Waals surface area contributed by atoms with E-state index in [4.69, 9.17) is 0 Å². The quantitative estimate of drug-likeness (QED) is 0.791. The molecule has 2 aromatic heterocycles. The molecule has 0 spiro atoms. The highest BCUT2D eigenvalue weighted by Gasteiger charge is 2.33. The number of carboxylic acid groups (broad SMARTS) is 1. The van der Waals surface area contributed by atoms with Crippen molar-refractivity contribution in [3.63, 3.8) is 0 Å². The Balaban J connectivity index is 2.18. The monoisotopic (exact) mass is 397 g/mol. The lowest BCUT2D eigenvalue weighted by Gasteiger charge is -2.29. The number of pyridine rings is 1. The molecular formula is C15H16IN3O2. The lowest BCUT2D eigenvalue weighted by molar-refractivity contribution is 0.0688. The number of carbonyl (C=O) groups is 1. The Kier molecular flexibility index (Phi) is 3.51. The maximum absolute atomic E-state index is 11.5. The van der Waals surface area contributed by atoms with Crippen molar-refractivity contribution in [2.24, 2.45) is 5.41 Å². The Labute approximate surface area is 136 Å². The first-order valence-electron chi connectivity index (χ1n) is 6.83. The third-order valence-corrected chi connectivity index (χ3v) is 4.58. The molecule has 1 aliphatic carbocycles. The second kappa shape index (κ2) is 5.08. The number of rotatable bonds is 2. The van der Waals surface area contributed by atoms with Gasteiger partial charge in [0.1, 0.15) is 0 Å². The van der Waals surface area contributed by atoms with Gasteiger partial charge in [-0.15, -0.1) is 0 Å². The van der Waals surface area contributed by atoms with Crippen molar-refractivity contribution in [2.75, 3.05) is 0 Å². The van der Waals surface area contributed by atoms with Crippen LogP contribution in [0.25, 0.3) is 5.82 Å². The predicted molar refractivity (Wildman–Crippen MR) is 86.8 cm³/mol. The lowest BCUT2D eigenvalue weighted by atomic mass is 9.76. The Bertz CT molecular complexity index is 722. The molecule has 6 heteroatoms. The summed E-state index contributed by atoms with van der Waals surface area (Å²) in [6, 6.07) is 3.82. The van der Waals surface area contributed by atoms with Crippen molar-refractivity contribution >= 4 is 28.6 Å². The second-order valence-corrected chi connectivity index (χ2v) is 7.41. The fraction of sp³-hybridized carbons (Fsp3) is 0.400. The average molecular weight is 397 g/mol. The van der Waals surface area contributed by atoms with E-state index in [1.807, 2.05) is 12.1 Å². The topological polar surface area (TPSA) is 68.0 Å². The largest absolute Gasteiger partial charge is 0.476 e. The summed E-state index contributed by atoms with van der Waals surface area (Å²) in [4.78, 5) is 15.8.